The molecule has 1 atom stereocenters. The van der Waals surface area contributed by atoms with Crippen molar-refractivity contribution in [2.75, 3.05) is 33.2 Å². The van der Waals surface area contributed by atoms with Crippen LogP contribution < -0.4 is 19.5 Å². The van der Waals surface area contributed by atoms with Crippen molar-refractivity contribution in [3.8, 4) is 17.2 Å². The van der Waals surface area contributed by atoms with Gasteiger partial charge in [0, 0.05) is 30.7 Å². The smallest absolute Gasteiger partial charge is 0.203 e. The van der Waals surface area contributed by atoms with Crippen LogP contribution in [0.4, 0.5) is 5.69 Å². The lowest BCUT2D eigenvalue weighted by molar-refractivity contribution is 0.288. The van der Waals surface area contributed by atoms with E-state index in [0.717, 1.165) is 30.0 Å². The van der Waals surface area contributed by atoms with E-state index < -0.39 is 0 Å². The molecule has 0 aliphatic carbocycles. The van der Waals surface area contributed by atoms with Crippen LogP contribution in [0.2, 0.25) is 0 Å². The Morgan fingerprint density at radius 2 is 1.65 bits per heavy atom. The number of anilines is 1. The third kappa shape index (κ3) is 4.05. The second kappa shape index (κ2) is 8.89. The zero-order valence-electron chi connectivity index (χ0n) is 18.2. The molecule has 0 amide bonds. The quantitative estimate of drug-likeness (QED) is 0.588. The molecule has 0 radical (unpaired) electrons. The second-order valence-corrected chi connectivity index (χ2v) is 7.86. The van der Waals surface area contributed by atoms with E-state index in [-0.39, 0.29) is 6.04 Å². The van der Waals surface area contributed by atoms with Gasteiger partial charge in [0.1, 0.15) is 0 Å². The normalized spacial score (nSPS) is 15.2. The van der Waals surface area contributed by atoms with Crippen molar-refractivity contribution < 1.29 is 14.2 Å². The Labute approximate surface area is 188 Å². The number of thiocarbonyl (C=S) groups is 1. The van der Waals surface area contributed by atoms with Gasteiger partial charge in [-0.3, -0.25) is 0 Å². The molecule has 0 saturated carbocycles. The largest absolute Gasteiger partial charge is 0.493 e. The third-order valence-corrected chi connectivity index (χ3v) is 5.94. The standard InChI is InChI=1S/C24H27N3O3S/c1-16-7-9-18(10-8-16)25-24(31)27-13-12-26-11-5-6-19(26)22(27)17-14-20(28-2)23(30-4)21(15-17)29-3/h5-11,14-15,22H,12-13H2,1-4H3,(H,25,31). The van der Waals surface area contributed by atoms with Gasteiger partial charge < -0.3 is 29.0 Å². The van der Waals surface area contributed by atoms with Crippen molar-refractivity contribution in [1.29, 1.82) is 0 Å². The van der Waals surface area contributed by atoms with Crippen molar-refractivity contribution in [2.24, 2.45) is 0 Å². The summed E-state index contributed by atoms with van der Waals surface area (Å²) >= 11 is 5.86. The minimum absolute atomic E-state index is 0.0945. The first kappa shape index (κ1) is 21.1. The van der Waals surface area contributed by atoms with Crippen LogP contribution in [0, 0.1) is 6.92 Å². The Morgan fingerprint density at radius 1 is 0.968 bits per heavy atom. The highest BCUT2D eigenvalue weighted by molar-refractivity contribution is 7.80. The summed E-state index contributed by atoms with van der Waals surface area (Å²) in [6.07, 6.45) is 2.11. The maximum absolute atomic E-state index is 5.86. The van der Waals surface area contributed by atoms with Crippen molar-refractivity contribution >= 4 is 23.0 Å². The van der Waals surface area contributed by atoms with Gasteiger partial charge in [-0.25, -0.2) is 0 Å². The number of fused-ring (bicyclic) bond motifs is 1. The maximum Gasteiger partial charge on any atom is 0.203 e. The summed E-state index contributed by atoms with van der Waals surface area (Å²) in [5, 5.41) is 4.08. The Morgan fingerprint density at radius 3 is 2.26 bits per heavy atom. The molecule has 0 bridgehead atoms. The zero-order chi connectivity index (χ0) is 22.0. The predicted octanol–water partition coefficient (Wildman–Crippen LogP) is 4.62. The number of aryl methyl sites for hydroxylation is 1. The van der Waals surface area contributed by atoms with E-state index in [4.69, 9.17) is 26.4 Å². The van der Waals surface area contributed by atoms with Crippen molar-refractivity contribution in [3.05, 3.63) is 71.5 Å². The summed E-state index contributed by atoms with van der Waals surface area (Å²) < 4.78 is 19.0. The SMILES string of the molecule is COc1cc(C2c3cccn3CCN2C(=S)Nc2ccc(C)cc2)cc(OC)c1OC. The van der Waals surface area contributed by atoms with E-state index in [1.54, 1.807) is 21.3 Å². The molecule has 3 aromatic rings. The Hall–Kier alpha value is -3.19. The van der Waals surface area contributed by atoms with E-state index in [1.807, 2.05) is 24.3 Å². The van der Waals surface area contributed by atoms with Gasteiger partial charge in [0.15, 0.2) is 16.6 Å². The monoisotopic (exact) mass is 437 g/mol. The third-order valence-electron chi connectivity index (χ3n) is 5.60. The van der Waals surface area contributed by atoms with Crippen LogP contribution in [0.5, 0.6) is 17.2 Å². The summed E-state index contributed by atoms with van der Waals surface area (Å²) in [6.45, 7) is 3.71. The molecule has 0 saturated heterocycles. The van der Waals surface area contributed by atoms with Gasteiger partial charge in [-0.2, -0.15) is 0 Å². The first-order chi connectivity index (χ1) is 15.0. The number of rotatable bonds is 5. The molecule has 2 heterocycles. The number of ether oxygens (including phenoxy) is 3. The van der Waals surface area contributed by atoms with E-state index in [2.05, 4.69) is 52.2 Å². The lowest BCUT2D eigenvalue weighted by atomic mass is 9.99. The van der Waals surface area contributed by atoms with Crippen molar-refractivity contribution in [2.45, 2.75) is 19.5 Å². The molecule has 2 aromatic carbocycles. The highest BCUT2D eigenvalue weighted by atomic mass is 32.1. The molecular weight excluding hydrogens is 410 g/mol. The zero-order valence-corrected chi connectivity index (χ0v) is 19.0. The van der Waals surface area contributed by atoms with Crippen LogP contribution in [-0.4, -0.2) is 42.5 Å². The number of hydrogen-bond acceptors (Lipinski definition) is 4. The van der Waals surface area contributed by atoms with Crippen molar-refractivity contribution in [3.63, 3.8) is 0 Å². The van der Waals surface area contributed by atoms with Crippen LogP contribution in [0.1, 0.15) is 22.9 Å². The van der Waals surface area contributed by atoms with Gasteiger partial charge in [-0.05, 0) is 61.1 Å². The second-order valence-electron chi connectivity index (χ2n) is 7.48. The lowest BCUT2D eigenvalue weighted by Crippen LogP contribution is -2.44. The predicted molar refractivity (Wildman–Crippen MR) is 126 cm³/mol. The van der Waals surface area contributed by atoms with Gasteiger partial charge in [0.2, 0.25) is 5.75 Å². The van der Waals surface area contributed by atoms with Gasteiger partial charge in [0.25, 0.3) is 0 Å². The highest BCUT2D eigenvalue weighted by Crippen LogP contribution is 2.43. The number of nitrogens with zero attached hydrogens (tertiary/aromatic N) is 2. The van der Waals surface area contributed by atoms with Gasteiger partial charge in [-0.15, -0.1) is 0 Å². The van der Waals surface area contributed by atoms with Crippen molar-refractivity contribution in [1.82, 2.24) is 9.47 Å². The number of nitrogens with one attached hydrogen (secondary N) is 1. The average molecular weight is 438 g/mol. The van der Waals surface area contributed by atoms with Gasteiger partial charge >= 0.3 is 0 Å². The topological polar surface area (TPSA) is 47.9 Å². The van der Waals surface area contributed by atoms with E-state index in [1.165, 1.54) is 5.56 Å². The fraction of sp³-hybridized carbons (Fsp3) is 0.292. The molecule has 0 fully saturated rings. The maximum atomic E-state index is 5.86. The molecule has 0 spiro atoms. The molecule has 1 N–H and O–H groups in total. The Bertz CT molecular complexity index is 1050. The molecule has 4 rings (SSSR count). The highest BCUT2D eigenvalue weighted by Gasteiger charge is 2.32. The van der Waals surface area contributed by atoms with E-state index in [0.29, 0.717) is 22.4 Å². The molecule has 1 aromatic heterocycles. The molecule has 6 nitrogen and oxygen atoms in total. The first-order valence-electron chi connectivity index (χ1n) is 10.1. The molecule has 1 aliphatic heterocycles. The number of aromatic nitrogens is 1. The number of methoxy groups -OCH3 is 3. The molecule has 31 heavy (non-hydrogen) atoms. The van der Waals surface area contributed by atoms with Gasteiger partial charge in [0.05, 0.1) is 27.4 Å². The minimum atomic E-state index is -0.0945. The summed E-state index contributed by atoms with van der Waals surface area (Å²) in [4.78, 5) is 2.21. The van der Waals surface area contributed by atoms with E-state index >= 15 is 0 Å². The van der Waals surface area contributed by atoms with Crippen LogP contribution >= 0.6 is 12.2 Å². The summed E-state index contributed by atoms with van der Waals surface area (Å²) in [5.41, 5.74) is 4.36. The molecule has 1 aliphatic rings. The molecule has 162 valence electrons. The fourth-order valence-electron chi connectivity index (χ4n) is 4.04. The van der Waals surface area contributed by atoms with E-state index in [9.17, 15) is 0 Å². The minimum Gasteiger partial charge on any atom is -0.493 e. The number of benzene rings is 2. The summed E-state index contributed by atoms with van der Waals surface area (Å²) in [5.74, 6) is 1.82. The Kier molecular flexibility index (Phi) is 6.04. The average Bonchev–Trinajstić information content (AvgIpc) is 3.27. The van der Waals surface area contributed by atoms with Crippen LogP contribution in [0.15, 0.2) is 54.7 Å². The molecular formula is C24H27N3O3S. The Balaban J connectivity index is 1.75. The van der Waals surface area contributed by atoms with Crippen LogP contribution in [0.25, 0.3) is 0 Å². The molecule has 1 unspecified atom stereocenters. The fourth-order valence-corrected chi connectivity index (χ4v) is 4.36. The van der Waals surface area contributed by atoms with Gasteiger partial charge in [-0.1, -0.05) is 17.7 Å². The lowest BCUT2D eigenvalue weighted by Gasteiger charge is -2.39. The summed E-state index contributed by atoms with van der Waals surface area (Å²) in [6, 6.07) is 16.3. The molecule has 7 heteroatoms. The van der Waals surface area contributed by atoms with Crippen LogP contribution in [0.3, 0.4) is 0 Å². The van der Waals surface area contributed by atoms with Crippen LogP contribution in [-0.2, 0) is 6.54 Å². The summed E-state index contributed by atoms with van der Waals surface area (Å²) in [7, 11) is 4.87. The first-order valence-corrected chi connectivity index (χ1v) is 10.6. The number of hydrogen-bond donors (Lipinski definition) is 1.